The van der Waals surface area contributed by atoms with Crippen LogP contribution in [0, 0.1) is 6.92 Å². The third-order valence-electron chi connectivity index (χ3n) is 3.59. The summed E-state index contributed by atoms with van der Waals surface area (Å²) in [6.45, 7) is 2.10. The van der Waals surface area contributed by atoms with Gasteiger partial charge < -0.3 is 9.42 Å². The standard InChI is InChI=1S/C16H23N3O3S/c1-13-9-16(22-18-13)12-23(20,21)17-11-15(19(2)3)10-14-7-5-4-6-8-14/h4-9,15,17H,10-12H2,1-3H3/t15-/m1/s1. The number of nitrogens with zero attached hydrogens (tertiary/aromatic N) is 2. The number of hydrogen-bond acceptors (Lipinski definition) is 5. The second-order valence-corrected chi connectivity index (χ2v) is 7.66. The summed E-state index contributed by atoms with van der Waals surface area (Å²) in [7, 11) is 0.440. The van der Waals surface area contributed by atoms with Gasteiger partial charge in [0.05, 0.1) is 5.69 Å². The molecule has 0 bridgehead atoms. The van der Waals surface area contributed by atoms with E-state index < -0.39 is 10.0 Å². The molecular formula is C16H23N3O3S. The Morgan fingerprint density at radius 3 is 2.52 bits per heavy atom. The predicted octanol–water partition coefficient (Wildman–Crippen LogP) is 1.58. The maximum atomic E-state index is 12.2. The van der Waals surface area contributed by atoms with Crippen LogP contribution >= 0.6 is 0 Å². The molecule has 1 heterocycles. The molecule has 0 aliphatic carbocycles. The number of aromatic nitrogens is 1. The molecule has 23 heavy (non-hydrogen) atoms. The normalized spacial score (nSPS) is 13.4. The minimum absolute atomic E-state index is 0.0728. The zero-order valence-corrected chi connectivity index (χ0v) is 14.5. The van der Waals surface area contributed by atoms with Gasteiger partial charge in [-0.05, 0) is 33.0 Å². The molecule has 0 aliphatic heterocycles. The van der Waals surface area contributed by atoms with Crippen LogP contribution in [0.5, 0.6) is 0 Å². The summed E-state index contributed by atoms with van der Waals surface area (Å²) >= 11 is 0. The molecule has 0 aliphatic rings. The maximum Gasteiger partial charge on any atom is 0.219 e. The van der Waals surface area contributed by atoms with Crippen LogP contribution in [0.4, 0.5) is 0 Å². The highest BCUT2D eigenvalue weighted by atomic mass is 32.2. The Hall–Kier alpha value is -1.70. The van der Waals surface area contributed by atoms with E-state index in [1.54, 1.807) is 13.0 Å². The van der Waals surface area contributed by atoms with E-state index >= 15 is 0 Å². The van der Waals surface area contributed by atoms with Gasteiger partial charge in [0.1, 0.15) is 5.75 Å². The number of sulfonamides is 1. The number of likely N-dealkylation sites (N-methyl/N-ethyl adjacent to an activating group) is 1. The van der Waals surface area contributed by atoms with Crippen molar-refractivity contribution in [1.29, 1.82) is 0 Å². The molecule has 0 spiro atoms. The highest BCUT2D eigenvalue weighted by molar-refractivity contribution is 7.88. The van der Waals surface area contributed by atoms with Gasteiger partial charge in [-0.25, -0.2) is 13.1 Å². The molecule has 2 rings (SSSR count). The number of rotatable bonds is 8. The summed E-state index contributed by atoms with van der Waals surface area (Å²) in [5.41, 5.74) is 1.85. The largest absolute Gasteiger partial charge is 0.360 e. The van der Waals surface area contributed by atoms with Gasteiger partial charge in [0.15, 0.2) is 5.76 Å². The van der Waals surface area contributed by atoms with Crippen molar-refractivity contribution in [3.63, 3.8) is 0 Å². The second-order valence-electron chi connectivity index (χ2n) is 5.85. The summed E-state index contributed by atoms with van der Waals surface area (Å²) in [5, 5.41) is 3.70. The van der Waals surface area contributed by atoms with Crippen molar-refractivity contribution in [1.82, 2.24) is 14.8 Å². The average Bonchev–Trinajstić information content (AvgIpc) is 2.88. The lowest BCUT2D eigenvalue weighted by molar-refractivity contribution is 0.291. The minimum Gasteiger partial charge on any atom is -0.360 e. The van der Waals surface area contributed by atoms with Crippen molar-refractivity contribution in [3.05, 3.63) is 53.4 Å². The van der Waals surface area contributed by atoms with Gasteiger partial charge in [-0.1, -0.05) is 35.5 Å². The van der Waals surface area contributed by atoms with Crippen molar-refractivity contribution in [2.24, 2.45) is 0 Å². The summed E-state index contributed by atoms with van der Waals surface area (Å²) < 4.78 is 32.0. The van der Waals surface area contributed by atoms with Gasteiger partial charge in [0, 0.05) is 18.7 Å². The van der Waals surface area contributed by atoms with E-state index in [2.05, 4.69) is 9.88 Å². The molecule has 0 amide bonds. The fraction of sp³-hybridized carbons (Fsp3) is 0.438. The first-order valence-electron chi connectivity index (χ1n) is 7.45. The molecule has 0 unspecified atom stereocenters. The van der Waals surface area contributed by atoms with Gasteiger partial charge in [-0.3, -0.25) is 0 Å². The summed E-state index contributed by atoms with van der Waals surface area (Å²) in [6, 6.07) is 11.7. The second kappa shape index (κ2) is 7.72. The van der Waals surface area contributed by atoms with E-state index in [1.165, 1.54) is 5.56 Å². The van der Waals surface area contributed by atoms with E-state index in [0.29, 0.717) is 18.0 Å². The molecule has 0 radical (unpaired) electrons. The Morgan fingerprint density at radius 2 is 1.96 bits per heavy atom. The van der Waals surface area contributed by atoms with Crippen molar-refractivity contribution >= 4 is 10.0 Å². The Bertz CT molecular complexity index is 711. The van der Waals surface area contributed by atoms with Crippen LogP contribution in [0.25, 0.3) is 0 Å². The third-order valence-corrected chi connectivity index (χ3v) is 4.86. The summed E-state index contributed by atoms with van der Waals surface area (Å²) in [6.07, 6.45) is 0.776. The van der Waals surface area contributed by atoms with Crippen LogP contribution < -0.4 is 4.72 Å². The summed E-state index contributed by atoms with van der Waals surface area (Å²) in [4.78, 5) is 2.02. The van der Waals surface area contributed by atoms with E-state index in [1.807, 2.05) is 49.3 Å². The van der Waals surface area contributed by atoms with Gasteiger partial charge in [0.25, 0.3) is 0 Å². The molecule has 2 aromatic rings. The first kappa shape index (κ1) is 17.7. The molecule has 126 valence electrons. The molecule has 0 saturated heterocycles. The van der Waals surface area contributed by atoms with Crippen molar-refractivity contribution < 1.29 is 12.9 Å². The van der Waals surface area contributed by atoms with Gasteiger partial charge in [-0.15, -0.1) is 0 Å². The average molecular weight is 337 g/mol. The van der Waals surface area contributed by atoms with Crippen LogP contribution in [-0.2, 0) is 22.2 Å². The Kier molecular flexibility index (Phi) is 5.92. The van der Waals surface area contributed by atoms with Crippen molar-refractivity contribution in [2.45, 2.75) is 25.1 Å². The fourth-order valence-corrected chi connectivity index (χ4v) is 3.33. The van der Waals surface area contributed by atoms with Crippen LogP contribution in [0.15, 0.2) is 40.9 Å². The molecular weight excluding hydrogens is 314 g/mol. The molecule has 1 atom stereocenters. The van der Waals surface area contributed by atoms with E-state index in [-0.39, 0.29) is 11.8 Å². The first-order chi connectivity index (χ1) is 10.9. The lowest BCUT2D eigenvalue weighted by atomic mass is 10.1. The topological polar surface area (TPSA) is 75.4 Å². The molecule has 1 N–H and O–H groups in total. The molecule has 6 nitrogen and oxygen atoms in total. The Labute approximate surface area is 137 Å². The number of benzene rings is 1. The lowest BCUT2D eigenvalue weighted by Crippen LogP contribution is -2.41. The van der Waals surface area contributed by atoms with Crippen LogP contribution in [0.1, 0.15) is 17.0 Å². The molecule has 1 aromatic heterocycles. The highest BCUT2D eigenvalue weighted by Gasteiger charge is 2.19. The zero-order valence-electron chi connectivity index (χ0n) is 13.7. The zero-order chi connectivity index (χ0) is 16.9. The number of hydrogen-bond donors (Lipinski definition) is 1. The predicted molar refractivity (Wildman–Crippen MR) is 89.5 cm³/mol. The van der Waals surface area contributed by atoms with Gasteiger partial charge >= 0.3 is 0 Å². The van der Waals surface area contributed by atoms with Crippen LogP contribution in [0.2, 0.25) is 0 Å². The molecule has 1 aromatic carbocycles. The molecule has 0 fully saturated rings. The third kappa shape index (κ3) is 5.78. The molecule has 0 saturated carbocycles. The number of aryl methyl sites for hydroxylation is 1. The van der Waals surface area contributed by atoms with Gasteiger partial charge in [0.2, 0.25) is 10.0 Å². The SMILES string of the molecule is Cc1cc(CS(=O)(=O)NC[C@@H](Cc2ccccc2)N(C)C)on1. The van der Waals surface area contributed by atoms with Crippen molar-refractivity contribution in [2.75, 3.05) is 20.6 Å². The van der Waals surface area contributed by atoms with E-state index in [4.69, 9.17) is 4.52 Å². The van der Waals surface area contributed by atoms with E-state index in [0.717, 1.165) is 6.42 Å². The van der Waals surface area contributed by atoms with Crippen LogP contribution in [0.3, 0.4) is 0 Å². The summed E-state index contributed by atoms with van der Waals surface area (Å²) in [5.74, 6) is 0.152. The smallest absolute Gasteiger partial charge is 0.219 e. The quantitative estimate of drug-likeness (QED) is 0.791. The van der Waals surface area contributed by atoms with Crippen LogP contribution in [-0.4, -0.2) is 45.2 Å². The lowest BCUT2D eigenvalue weighted by Gasteiger charge is -2.24. The minimum atomic E-state index is -3.45. The Morgan fingerprint density at radius 1 is 1.26 bits per heavy atom. The van der Waals surface area contributed by atoms with Gasteiger partial charge in [-0.2, -0.15) is 0 Å². The maximum absolute atomic E-state index is 12.2. The fourth-order valence-electron chi connectivity index (χ4n) is 2.27. The molecule has 7 heteroatoms. The Balaban J connectivity index is 1.95. The first-order valence-corrected chi connectivity index (χ1v) is 9.11. The monoisotopic (exact) mass is 337 g/mol. The highest BCUT2D eigenvalue weighted by Crippen LogP contribution is 2.09. The number of nitrogens with one attached hydrogen (secondary N) is 1. The van der Waals surface area contributed by atoms with E-state index in [9.17, 15) is 8.42 Å². The van der Waals surface area contributed by atoms with Crippen molar-refractivity contribution in [3.8, 4) is 0 Å².